The monoisotopic (exact) mass is 300 g/mol. The molecule has 2 amide bonds. The molecule has 2 aliphatic carbocycles. The summed E-state index contributed by atoms with van der Waals surface area (Å²) in [6.07, 6.45) is 5.53. The van der Waals surface area contributed by atoms with Crippen LogP contribution >= 0.6 is 0 Å². The van der Waals surface area contributed by atoms with E-state index in [0.29, 0.717) is 19.4 Å². The summed E-state index contributed by atoms with van der Waals surface area (Å²) in [5, 5.41) is 5.95. The van der Waals surface area contributed by atoms with Crippen LogP contribution in [0.1, 0.15) is 44.1 Å². The highest BCUT2D eigenvalue weighted by Gasteiger charge is 2.44. The van der Waals surface area contributed by atoms with Crippen LogP contribution in [0.25, 0.3) is 0 Å². The van der Waals surface area contributed by atoms with Crippen molar-refractivity contribution in [2.45, 2.75) is 43.9 Å². The van der Waals surface area contributed by atoms with Crippen LogP contribution in [0.4, 0.5) is 0 Å². The number of benzene rings is 1. The van der Waals surface area contributed by atoms with E-state index in [1.165, 1.54) is 5.56 Å². The van der Waals surface area contributed by atoms with E-state index < -0.39 is 0 Å². The van der Waals surface area contributed by atoms with Crippen molar-refractivity contribution in [3.8, 4) is 0 Å². The molecule has 0 aromatic heterocycles. The molecule has 0 aliphatic heterocycles. The third kappa shape index (κ3) is 3.87. The average molecular weight is 300 g/mol. The number of carbonyl (C=O) groups is 2. The number of nitrogens with one attached hydrogen (secondary N) is 2. The van der Waals surface area contributed by atoms with Gasteiger partial charge in [-0.15, -0.1) is 0 Å². The van der Waals surface area contributed by atoms with E-state index in [1.54, 1.807) is 0 Å². The normalized spacial score (nSPS) is 18.5. The van der Waals surface area contributed by atoms with Crippen molar-refractivity contribution in [1.82, 2.24) is 10.6 Å². The lowest BCUT2D eigenvalue weighted by atomic mass is 9.96. The number of amides is 2. The molecule has 2 fully saturated rings. The molecule has 0 heterocycles. The third-order valence-corrected chi connectivity index (χ3v) is 4.69. The molecule has 1 aromatic rings. The summed E-state index contributed by atoms with van der Waals surface area (Å²) < 4.78 is 0. The Labute approximate surface area is 131 Å². The van der Waals surface area contributed by atoms with Gasteiger partial charge in [-0.05, 0) is 37.7 Å². The van der Waals surface area contributed by atoms with Gasteiger partial charge in [0.25, 0.3) is 0 Å². The van der Waals surface area contributed by atoms with E-state index in [4.69, 9.17) is 0 Å². The number of hydrogen-bond acceptors (Lipinski definition) is 2. The Balaban J connectivity index is 1.33. The molecule has 0 bridgehead atoms. The van der Waals surface area contributed by atoms with Gasteiger partial charge in [0.1, 0.15) is 0 Å². The predicted molar refractivity (Wildman–Crippen MR) is 85.3 cm³/mol. The minimum absolute atomic E-state index is 0.0860. The van der Waals surface area contributed by atoms with Crippen molar-refractivity contribution in [3.63, 3.8) is 0 Å². The predicted octanol–water partition coefficient (Wildman–Crippen LogP) is 2.14. The van der Waals surface area contributed by atoms with Gasteiger partial charge in [0.2, 0.25) is 11.8 Å². The van der Waals surface area contributed by atoms with Crippen LogP contribution in [0.3, 0.4) is 0 Å². The fraction of sp³-hybridized carbons (Fsp3) is 0.556. The summed E-state index contributed by atoms with van der Waals surface area (Å²) in [6.45, 7) is 1.33. The largest absolute Gasteiger partial charge is 0.356 e. The molecule has 1 aromatic carbocycles. The van der Waals surface area contributed by atoms with Crippen molar-refractivity contribution in [1.29, 1.82) is 0 Å². The van der Waals surface area contributed by atoms with Crippen molar-refractivity contribution in [3.05, 3.63) is 35.9 Å². The maximum absolute atomic E-state index is 11.9. The zero-order valence-corrected chi connectivity index (χ0v) is 12.9. The molecule has 0 saturated heterocycles. The highest BCUT2D eigenvalue weighted by atomic mass is 16.2. The van der Waals surface area contributed by atoms with Gasteiger partial charge in [-0.25, -0.2) is 0 Å². The van der Waals surface area contributed by atoms with Gasteiger partial charge in [-0.2, -0.15) is 0 Å². The van der Waals surface area contributed by atoms with Crippen molar-refractivity contribution in [2.24, 2.45) is 5.92 Å². The van der Waals surface area contributed by atoms with Gasteiger partial charge in [-0.3, -0.25) is 9.59 Å². The van der Waals surface area contributed by atoms with Crippen LogP contribution < -0.4 is 10.6 Å². The lowest BCUT2D eigenvalue weighted by Gasteiger charge is -2.16. The Morgan fingerprint density at radius 3 is 2.45 bits per heavy atom. The molecule has 0 radical (unpaired) electrons. The molecule has 2 saturated carbocycles. The second kappa shape index (κ2) is 6.51. The van der Waals surface area contributed by atoms with Gasteiger partial charge in [0, 0.05) is 30.8 Å². The van der Waals surface area contributed by atoms with E-state index in [2.05, 4.69) is 34.9 Å². The Morgan fingerprint density at radius 1 is 1.09 bits per heavy atom. The minimum Gasteiger partial charge on any atom is -0.356 e. The summed E-state index contributed by atoms with van der Waals surface area (Å²) >= 11 is 0. The maximum atomic E-state index is 11.9. The fourth-order valence-electron chi connectivity index (χ4n) is 2.82. The number of carbonyl (C=O) groups excluding carboxylic acids is 2. The smallest absolute Gasteiger partial charge is 0.223 e. The quantitative estimate of drug-likeness (QED) is 0.723. The van der Waals surface area contributed by atoms with Crippen LogP contribution in [0.2, 0.25) is 0 Å². The maximum Gasteiger partial charge on any atom is 0.223 e. The molecule has 3 rings (SSSR count). The summed E-state index contributed by atoms with van der Waals surface area (Å²) in [5.74, 6) is 0.485. The first-order chi connectivity index (χ1) is 10.7. The van der Waals surface area contributed by atoms with E-state index in [0.717, 1.165) is 32.2 Å². The second-order valence-corrected chi connectivity index (χ2v) is 6.59. The summed E-state index contributed by atoms with van der Waals surface area (Å²) in [5.41, 5.74) is 1.49. The summed E-state index contributed by atoms with van der Waals surface area (Å²) in [7, 11) is 0. The summed E-state index contributed by atoms with van der Waals surface area (Å²) in [4.78, 5) is 23.4. The highest BCUT2D eigenvalue weighted by molar-refractivity contribution is 5.81. The van der Waals surface area contributed by atoms with Crippen LogP contribution in [-0.2, 0) is 15.0 Å². The zero-order chi connectivity index (χ0) is 15.4. The van der Waals surface area contributed by atoms with Gasteiger partial charge in [0.15, 0.2) is 0 Å². The first kappa shape index (κ1) is 15.1. The molecule has 2 aliphatic rings. The molecular formula is C18H24N2O2. The Kier molecular flexibility index (Phi) is 4.46. The molecule has 22 heavy (non-hydrogen) atoms. The number of rotatable bonds is 8. The average Bonchev–Trinajstić information content (AvgIpc) is 3.44. The molecule has 0 unspecified atom stereocenters. The standard InChI is InChI=1S/C18H24N2O2/c21-16(7-4-12-19-17(22)14-8-9-14)20-13-18(10-11-18)15-5-2-1-3-6-15/h1-3,5-6,14H,4,7-13H2,(H,19,22)(H,20,21). The Bertz CT molecular complexity index is 533. The molecule has 2 N–H and O–H groups in total. The van der Waals surface area contributed by atoms with E-state index >= 15 is 0 Å². The fourth-order valence-corrected chi connectivity index (χ4v) is 2.82. The number of hydrogen-bond donors (Lipinski definition) is 2. The highest BCUT2D eigenvalue weighted by Crippen LogP contribution is 2.47. The van der Waals surface area contributed by atoms with Gasteiger partial charge in [0.05, 0.1) is 0 Å². The molecule has 4 nitrogen and oxygen atoms in total. The van der Waals surface area contributed by atoms with Crippen molar-refractivity contribution >= 4 is 11.8 Å². The first-order valence-corrected chi connectivity index (χ1v) is 8.30. The SMILES string of the molecule is O=C(CCCNC(=O)C1CC1)NCC1(c2ccccc2)CC1. The van der Waals surface area contributed by atoms with Gasteiger partial charge >= 0.3 is 0 Å². The lowest BCUT2D eigenvalue weighted by molar-refractivity contribution is -0.123. The van der Waals surface area contributed by atoms with Crippen LogP contribution in [-0.4, -0.2) is 24.9 Å². The van der Waals surface area contributed by atoms with Crippen LogP contribution in [0.5, 0.6) is 0 Å². The van der Waals surface area contributed by atoms with Gasteiger partial charge < -0.3 is 10.6 Å². The molecular weight excluding hydrogens is 276 g/mol. The Hall–Kier alpha value is -1.84. The van der Waals surface area contributed by atoms with Gasteiger partial charge in [-0.1, -0.05) is 30.3 Å². The van der Waals surface area contributed by atoms with Crippen LogP contribution in [0.15, 0.2) is 30.3 Å². The first-order valence-electron chi connectivity index (χ1n) is 8.30. The third-order valence-electron chi connectivity index (χ3n) is 4.69. The minimum atomic E-state index is 0.0860. The van der Waals surface area contributed by atoms with E-state index in [1.807, 2.05) is 6.07 Å². The molecule has 118 valence electrons. The lowest BCUT2D eigenvalue weighted by Crippen LogP contribution is -2.33. The van der Waals surface area contributed by atoms with Crippen molar-refractivity contribution < 1.29 is 9.59 Å². The van der Waals surface area contributed by atoms with Crippen molar-refractivity contribution in [2.75, 3.05) is 13.1 Å². The molecule has 0 atom stereocenters. The van der Waals surface area contributed by atoms with Crippen LogP contribution in [0, 0.1) is 5.92 Å². The zero-order valence-electron chi connectivity index (χ0n) is 12.9. The Morgan fingerprint density at radius 2 is 1.82 bits per heavy atom. The second-order valence-electron chi connectivity index (χ2n) is 6.59. The molecule has 4 heteroatoms. The van der Waals surface area contributed by atoms with E-state index in [9.17, 15) is 9.59 Å². The van der Waals surface area contributed by atoms with E-state index in [-0.39, 0.29) is 23.1 Å². The topological polar surface area (TPSA) is 58.2 Å². The summed E-state index contributed by atoms with van der Waals surface area (Å²) in [6, 6.07) is 10.4. The molecule has 0 spiro atoms.